The SMILES string of the molecule is CCC1(C(O)c2c(OC)cnn2C)CCCC1. The molecule has 1 aromatic rings. The van der Waals surface area contributed by atoms with Gasteiger partial charge in [-0.2, -0.15) is 5.10 Å². The van der Waals surface area contributed by atoms with Gasteiger partial charge in [-0.1, -0.05) is 19.8 Å². The number of methoxy groups -OCH3 is 1. The highest BCUT2D eigenvalue weighted by Gasteiger charge is 2.42. The Labute approximate surface area is 103 Å². The molecule has 4 nitrogen and oxygen atoms in total. The van der Waals surface area contributed by atoms with E-state index < -0.39 is 6.10 Å². The molecule has 1 fully saturated rings. The fourth-order valence-electron chi connectivity index (χ4n) is 3.09. The number of nitrogens with zero attached hydrogens (tertiary/aromatic N) is 2. The number of aliphatic hydroxyl groups excluding tert-OH is 1. The number of aryl methyl sites for hydroxylation is 1. The molecule has 2 rings (SSSR count). The van der Waals surface area contributed by atoms with Gasteiger partial charge in [0.05, 0.1) is 13.3 Å². The van der Waals surface area contributed by atoms with E-state index in [1.165, 1.54) is 12.8 Å². The summed E-state index contributed by atoms with van der Waals surface area (Å²) in [6.45, 7) is 2.16. The van der Waals surface area contributed by atoms with Crippen molar-refractivity contribution in [1.82, 2.24) is 9.78 Å². The average Bonchev–Trinajstić information content (AvgIpc) is 2.95. The number of ether oxygens (including phenoxy) is 1. The molecule has 96 valence electrons. The minimum absolute atomic E-state index is 0.0150. The highest BCUT2D eigenvalue weighted by atomic mass is 16.5. The molecule has 0 bridgehead atoms. The Kier molecular flexibility index (Phi) is 3.43. The molecule has 0 amide bonds. The third kappa shape index (κ3) is 1.95. The molecule has 1 saturated carbocycles. The van der Waals surface area contributed by atoms with Gasteiger partial charge in [0.2, 0.25) is 0 Å². The third-order valence-corrected chi connectivity index (χ3v) is 4.31. The Balaban J connectivity index is 2.35. The quantitative estimate of drug-likeness (QED) is 0.876. The molecule has 0 saturated heterocycles. The van der Waals surface area contributed by atoms with E-state index in [1.807, 2.05) is 7.05 Å². The Morgan fingerprint density at radius 1 is 1.53 bits per heavy atom. The second-order valence-corrected chi connectivity index (χ2v) is 5.05. The smallest absolute Gasteiger partial charge is 0.162 e. The standard InChI is InChI=1S/C13H22N2O2/c1-4-13(7-5-6-8-13)12(16)11-10(17-3)9-14-15(11)2/h9,12,16H,4-8H2,1-3H3. The van der Waals surface area contributed by atoms with Gasteiger partial charge in [-0.05, 0) is 19.3 Å². The minimum Gasteiger partial charge on any atom is -0.493 e. The second-order valence-electron chi connectivity index (χ2n) is 5.05. The summed E-state index contributed by atoms with van der Waals surface area (Å²) in [5.41, 5.74) is 0.831. The van der Waals surface area contributed by atoms with Crippen LogP contribution in [0, 0.1) is 5.41 Å². The summed E-state index contributed by atoms with van der Waals surface area (Å²) >= 11 is 0. The van der Waals surface area contributed by atoms with E-state index in [-0.39, 0.29) is 5.41 Å². The van der Waals surface area contributed by atoms with Crippen molar-refractivity contribution in [3.8, 4) is 5.75 Å². The summed E-state index contributed by atoms with van der Waals surface area (Å²) < 4.78 is 7.03. The van der Waals surface area contributed by atoms with Crippen LogP contribution in [0.2, 0.25) is 0 Å². The maximum Gasteiger partial charge on any atom is 0.162 e. The van der Waals surface area contributed by atoms with Gasteiger partial charge in [0.1, 0.15) is 11.8 Å². The molecule has 1 aliphatic carbocycles. The molecule has 1 aliphatic rings. The van der Waals surface area contributed by atoms with Crippen molar-refractivity contribution in [3.05, 3.63) is 11.9 Å². The van der Waals surface area contributed by atoms with Crippen LogP contribution in [0.4, 0.5) is 0 Å². The summed E-state index contributed by atoms with van der Waals surface area (Å²) in [4.78, 5) is 0. The third-order valence-electron chi connectivity index (χ3n) is 4.31. The molecule has 0 aliphatic heterocycles. The summed E-state index contributed by atoms with van der Waals surface area (Å²) in [5, 5.41) is 14.9. The fraction of sp³-hybridized carbons (Fsp3) is 0.769. The largest absolute Gasteiger partial charge is 0.493 e. The van der Waals surface area contributed by atoms with E-state index >= 15 is 0 Å². The topological polar surface area (TPSA) is 47.3 Å². The van der Waals surface area contributed by atoms with Crippen LogP contribution in [0.25, 0.3) is 0 Å². The normalized spacial score (nSPS) is 20.5. The van der Waals surface area contributed by atoms with E-state index in [0.29, 0.717) is 5.75 Å². The first-order valence-electron chi connectivity index (χ1n) is 6.38. The van der Waals surface area contributed by atoms with Gasteiger partial charge in [-0.3, -0.25) is 4.68 Å². The van der Waals surface area contributed by atoms with Gasteiger partial charge in [-0.25, -0.2) is 0 Å². The van der Waals surface area contributed by atoms with E-state index in [1.54, 1.807) is 18.0 Å². The molecule has 1 atom stereocenters. The number of hydrogen-bond acceptors (Lipinski definition) is 3. The van der Waals surface area contributed by atoms with Crippen LogP contribution in [0.1, 0.15) is 50.8 Å². The number of aromatic nitrogens is 2. The van der Waals surface area contributed by atoms with E-state index in [2.05, 4.69) is 12.0 Å². The minimum atomic E-state index is -0.475. The van der Waals surface area contributed by atoms with Crippen molar-refractivity contribution in [2.45, 2.75) is 45.1 Å². The van der Waals surface area contributed by atoms with Crippen molar-refractivity contribution in [2.75, 3.05) is 7.11 Å². The molecule has 0 spiro atoms. The summed E-state index contributed by atoms with van der Waals surface area (Å²) in [6.07, 6.45) is 6.82. The molecule has 0 radical (unpaired) electrons. The maximum absolute atomic E-state index is 10.7. The van der Waals surface area contributed by atoms with Crippen molar-refractivity contribution in [1.29, 1.82) is 0 Å². The predicted molar refractivity (Wildman–Crippen MR) is 65.9 cm³/mol. The Bertz CT molecular complexity index is 381. The number of hydrogen-bond donors (Lipinski definition) is 1. The molecular formula is C13H22N2O2. The molecule has 1 unspecified atom stereocenters. The van der Waals surface area contributed by atoms with Gasteiger partial charge in [-0.15, -0.1) is 0 Å². The van der Waals surface area contributed by atoms with Crippen LogP contribution in [-0.4, -0.2) is 22.0 Å². The monoisotopic (exact) mass is 238 g/mol. The summed E-state index contributed by atoms with van der Waals surface area (Å²) in [6, 6.07) is 0. The average molecular weight is 238 g/mol. The Hall–Kier alpha value is -1.03. The molecular weight excluding hydrogens is 216 g/mol. The fourth-order valence-corrected chi connectivity index (χ4v) is 3.09. The zero-order valence-corrected chi connectivity index (χ0v) is 10.9. The molecule has 1 aromatic heterocycles. The lowest BCUT2D eigenvalue weighted by atomic mass is 9.76. The first kappa shape index (κ1) is 12.4. The lowest BCUT2D eigenvalue weighted by molar-refractivity contribution is 0.0160. The Morgan fingerprint density at radius 2 is 2.18 bits per heavy atom. The molecule has 4 heteroatoms. The van der Waals surface area contributed by atoms with Gasteiger partial charge in [0.25, 0.3) is 0 Å². The molecule has 1 heterocycles. The zero-order chi connectivity index (χ0) is 12.5. The maximum atomic E-state index is 10.7. The number of aliphatic hydroxyl groups is 1. The highest BCUT2D eigenvalue weighted by Crippen LogP contribution is 2.51. The van der Waals surface area contributed by atoms with E-state index in [9.17, 15) is 5.11 Å². The van der Waals surface area contributed by atoms with Crippen LogP contribution in [-0.2, 0) is 7.05 Å². The predicted octanol–water partition coefficient (Wildman–Crippen LogP) is 2.43. The zero-order valence-electron chi connectivity index (χ0n) is 10.9. The van der Waals surface area contributed by atoms with Crippen molar-refractivity contribution < 1.29 is 9.84 Å². The van der Waals surface area contributed by atoms with Crippen LogP contribution >= 0.6 is 0 Å². The Morgan fingerprint density at radius 3 is 2.71 bits per heavy atom. The van der Waals surface area contributed by atoms with Gasteiger partial charge < -0.3 is 9.84 Å². The molecule has 17 heavy (non-hydrogen) atoms. The van der Waals surface area contributed by atoms with Crippen LogP contribution in [0.15, 0.2) is 6.20 Å². The van der Waals surface area contributed by atoms with Crippen LogP contribution in [0.5, 0.6) is 5.75 Å². The first-order valence-corrected chi connectivity index (χ1v) is 6.38. The molecule has 0 aromatic carbocycles. The summed E-state index contributed by atoms with van der Waals surface area (Å²) in [5.74, 6) is 0.694. The van der Waals surface area contributed by atoms with Crippen LogP contribution in [0.3, 0.4) is 0 Å². The molecule has 1 N–H and O–H groups in total. The van der Waals surface area contributed by atoms with Gasteiger partial charge >= 0.3 is 0 Å². The number of rotatable bonds is 4. The van der Waals surface area contributed by atoms with Crippen LogP contribution < -0.4 is 4.74 Å². The van der Waals surface area contributed by atoms with Crippen molar-refractivity contribution in [3.63, 3.8) is 0 Å². The summed E-state index contributed by atoms with van der Waals surface area (Å²) in [7, 11) is 3.49. The van der Waals surface area contributed by atoms with Crippen molar-refractivity contribution >= 4 is 0 Å². The first-order chi connectivity index (χ1) is 8.14. The highest BCUT2D eigenvalue weighted by molar-refractivity contribution is 5.28. The van der Waals surface area contributed by atoms with E-state index in [0.717, 1.165) is 25.0 Å². The van der Waals surface area contributed by atoms with E-state index in [4.69, 9.17) is 4.74 Å². The van der Waals surface area contributed by atoms with Crippen molar-refractivity contribution in [2.24, 2.45) is 12.5 Å². The second kappa shape index (κ2) is 4.69. The van der Waals surface area contributed by atoms with Gasteiger partial charge in [0, 0.05) is 12.5 Å². The van der Waals surface area contributed by atoms with Gasteiger partial charge in [0.15, 0.2) is 5.75 Å². The lowest BCUT2D eigenvalue weighted by Crippen LogP contribution is -2.27. The lowest BCUT2D eigenvalue weighted by Gasteiger charge is -2.33.